The number of unbranched alkanes of at least 4 members (excludes halogenated alkanes) is 2. The third-order valence-electron chi connectivity index (χ3n) is 4.74. The van der Waals surface area contributed by atoms with E-state index in [0.717, 1.165) is 30.0 Å². The molecule has 0 spiro atoms. The number of fused-ring (bicyclic) bond motifs is 1. The van der Waals surface area contributed by atoms with Crippen LogP contribution in [0.4, 0.5) is 0 Å². The molecule has 0 saturated carbocycles. The van der Waals surface area contributed by atoms with E-state index in [1.54, 1.807) is 7.11 Å². The quantitative estimate of drug-likeness (QED) is 0.390. The number of rotatable bonds is 9. The molecule has 0 aliphatic rings. The van der Waals surface area contributed by atoms with Crippen LogP contribution in [0.25, 0.3) is 10.8 Å². The number of ether oxygens (including phenoxy) is 1. The van der Waals surface area contributed by atoms with Gasteiger partial charge in [-0.1, -0.05) is 38.0 Å². The third kappa shape index (κ3) is 4.96. The molecule has 144 valence electrons. The Morgan fingerprint density at radius 1 is 1.11 bits per heavy atom. The van der Waals surface area contributed by atoms with Gasteiger partial charge in [-0.25, -0.2) is 4.68 Å². The first kappa shape index (κ1) is 19.6. The minimum Gasteiger partial charge on any atom is -0.497 e. The predicted molar refractivity (Wildman–Crippen MR) is 113 cm³/mol. The van der Waals surface area contributed by atoms with E-state index in [1.807, 2.05) is 17.1 Å². The number of aryl methyl sites for hydroxylation is 1. The van der Waals surface area contributed by atoms with Crippen molar-refractivity contribution in [3.05, 3.63) is 53.1 Å². The van der Waals surface area contributed by atoms with Crippen LogP contribution in [0, 0.1) is 4.77 Å². The molecule has 0 aliphatic carbocycles. The summed E-state index contributed by atoms with van der Waals surface area (Å²) in [5.41, 5.74) is 1.27. The van der Waals surface area contributed by atoms with Gasteiger partial charge in [0.05, 0.1) is 13.8 Å². The topological polar surface area (TPSA) is 35.2 Å². The van der Waals surface area contributed by atoms with Gasteiger partial charge < -0.3 is 9.30 Å². The van der Waals surface area contributed by atoms with Crippen molar-refractivity contribution in [1.82, 2.24) is 19.2 Å². The van der Waals surface area contributed by atoms with Crippen molar-refractivity contribution >= 4 is 23.0 Å². The first-order valence-electron chi connectivity index (χ1n) is 9.48. The van der Waals surface area contributed by atoms with Crippen molar-refractivity contribution in [1.29, 1.82) is 0 Å². The van der Waals surface area contributed by atoms with Crippen LogP contribution in [-0.4, -0.2) is 33.4 Å². The van der Waals surface area contributed by atoms with Crippen LogP contribution in [0.2, 0.25) is 0 Å². The SMILES string of the molecule is CCCCCn1cnn(CN(C)Cc2ccc3cc(OC)ccc3c2)c1=S. The van der Waals surface area contributed by atoms with Gasteiger partial charge in [0, 0.05) is 13.1 Å². The fourth-order valence-electron chi connectivity index (χ4n) is 3.24. The Balaban J connectivity index is 1.64. The van der Waals surface area contributed by atoms with Gasteiger partial charge in [-0.3, -0.25) is 4.90 Å². The standard InChI is InChI=1S/C21H28N4OS/c1-4-5-6-11-24-15-22-25(21(24)27)16-23(2)14-17-7-8-19-13-20(26-3)10-9-18(19)12-17/h7-10,12-13,15H,4-6,11,14,16H2,1-3H3. The monoisotopic (exact) mass is 384 g/mol. The molecule has 5 nitrogen and oxygen atoms in total. The molecule has 3 rings (SSSR count). The van der Waals surface area contributed by atoms with Crippen LogP contribution in [0.1, 0.15) is 31.7 Å². The zero-order chi connectivity index (χ0) is 19.2. The normalized spacial score (nSPS) is 11.4. The van der Waals surface area contributed by atoms with Gasteiger partial charge >= 0.3 is 0 Å². The summed E-state index contributed by atoms with van der Waals surface area (Å²) in [5, 5.41) is 6.87. The summed E-state index contributed by atoms with van der Waals surface area (Å²) in [7, 11) is 3.79. The van der Waals surface area contributed by atoms with E-state index >= 15 is 0 Å². The lowest BCUT2D eigenvalue weighted by atomic mass is 10.1. The van der Waals surface area contributed by atoms with Crippen LogP contribution in [-0.2, 0) is 19.8 Å². The molecule has 0 N–H and O–H groups in total. The largest absolute Gasteiger partial charge is 0.497 e. The Morgan fingerprint density at radius 2 is 1.89 bits per heavy atom. The lowest BCUT2D eigenvalue weighted by Crippen LogP contribution is -2.22. The summed E-state index contributed by atoms with van der Waals surface area (Å²) < 4.78 is 10.1. The number of hydrogen-bond acceptors (Lipinski definition) is 4. The summed E-state index contributed by atoms with van der Waals surface area (Å²) in [6.45, 7) is 4.68. The average Bonchev–Trinajstić information content (AvgIpc) is 3.01. The Labute approximate surface area is 166 Å². The number of hydrogen-bond donors (Lipinski definition) is 0. The number of aromatic nitrogens is 3. The lowest BCUT2D eigenvalue weighted by Gasteiger charge is -2.17. The molecule has 0 unspecified atom stereocenters. The second kappa shape index (κ2) is 9.15. The predicted octanol–water partition coefficient (Wildman–Crippen LogP) is 4.86. The highest BCUT2D eigenvalue weighted by atomic mass is 32.1. The molecule has 6 heteroatoms. The van der Waals surface area contributed by atoms with E-state index in [9.17, 15) is 0 Å². The molecule has 0 radical (unpaired) electrons. The summed E-state index contributed by atoms with van der Waals surface area (Å²) in [6.07, 6.45) is 5.44. The van der Waals surface area contributed by atoms with E-state index < -0.39 is 0 Å². The van der Waals surface area contributed by atoms with Gasteiger partial charge in [0.2, 0.25) is 0 Å². The Kier molecular flexibility index (Phi) is 6.63. The van der Waals surface area contributed by atoms with Crippen LogP contribution in [0.5, 0.6) is 5.75 Å². The van der Waals surface area contributed by atoms with E-state index in [4.69, 9.17) is 17.0 Å². The maximum atomic E-state index is 5.57. The summed E-state index contributed by atoms with van der Waals surface area (Å²) in [4.78, 5) is 2.23. The minimum absolute atomic E-state index is 0.681. The van der Waals surface area contributed by atoms with Crippen LogP contribution < -0.4 is 4.74 Å². The molecule has 0 saturated heterocycles. The number of benzene rings is 2. The first-order valence-corrected chi connectivity index (χ1v) is 9.89. The molecule has 1 aromatic heterocycles. The van der Waals surface area contributed by atoms with E-state index in [-0.39, 0.29) is 0 Å². The van der Waals surface area contributed by atoms with Crippen molar-refractivity contribution in [2.24, 2.45) is 0 Å². The Hall–Kier alpha value is -2.18. The minimum atomic E-state index is 0.681. The molecule has 0 atom stereocenters. The lowest BCUT2D eigenvalue weighted by molar-refractivity contribution is 0.243. The Morgan fingerprint density at radius 3 is 2.67 bits per heavy atom. The molecule has 27 heavy (non-hydrogen) atoms. The smallest absolute Gasteiger partial charge is 0.198 e. The molecule has 0 amide bonds. The second-order valence-corrected chi connectivity index (χ2v) is 7.38. The zero-order valence-electron chi connectivity index (χ0n) is 16.4. The highest BCUT2D eigenvalue weighted by Gasteiger charge is 2.07. The summed E-state index contributed by atoms with van der Waals surface area (Å²) in [6, 6.07) is 12.7. The molecule has 2 aromatic carbocycles. The first-order chi connectivity index (χ1) is 13.1. The summed E-state index contributed by atoms with van der Waals surface area (Å²) >= 11 is 5.57. The summed E-state index contributed by atoms with van der Waals surface area (Å²) in [5.74, 6) is 0.885. The van der Waals surface area contributed by atoms with Crippen LogP contribution in [0.15, 0.2) is 42.7 Å². The second-order valence-electron chi connectivity index (χ2n) is 7.02. The maximum absolute atomic E-state index is 5.57. The van der Waals surface area contributed by atoms with Gasteiger partial charge in [-0.15, -0.1) is 0 Å². The van der Waals surface area contributed by atoms with Gasteiger partial charge in [-0.05, 0) is 60.2 Å². The highest BCUT2D eigenvalue weighted by molar-refractivity contribution is 7.71. The fourth-order valence-corrected chi connectivity index (χ4v) is 3.49. The van der Waals surface area contributed by atoms with E-state index in [2.05, 4.69) is 58.9 Å². The molecular formula is C21H28N4OS. The van der Waals surface area contributed by atoms with Gasteiger partial charge in [0.1, 0.15) is 12.1 Å². The zero-order valence-corrected chi connectivity index (χ0v) is 17.2. The molecule has 0 fully saturated rings. The van der Waals surface area contributed by atoms with Gasteiger partial charge in [-0.2, -0.15) is 5.10 Å². The van der Waals surface area contributed by atoms with Crippen molar-refractivity contribution in [3.63, 3.8) is 0 Å². The van der Waals surface area contributed by atoms with Crippen molar-refractivity contribution in [3.8, 4) is 5.75 Å². The van der Waals surface area contributed by atoms with Gasteiger partial charge in [0.15, 0.2) is 4.77 Å². The van der Waals surface area contributed by atoms with E-state index in [1.165, 1.54) is 29.2 Å². The van der Waals surface area contributed by atoms with Crippen molar-refractivity contribution in [2.45, 2.75) is 45.9 Å². The van der Waals surface area contributed by atoms with Gasteiger partial charge in [0.25, 0.3) is 0 Å². The Bertz CT molecular complexity index is 947. The third-order valence-corrected chi connectivity index (χ3v) is 5.18. The van der Waals surface area contributed by atoms with Crippen molar-refractivity contribution < 1.29 is 4.74 Å². The molecule has 0 bridgehead atoms. The number of methoxy groups -OCH3 is 1. The fraction of sp³-hybridized carbons (Fsp3) is 0.429. The van der Waals surface area contributed by atoms with Crippen LogP contribution >= 0.6 is 12.2 Å². The number of nitrogens with zero attached hydrogens (tertiary/aromatic N) is 4. The molecular weight excluding hydrogens is 356 g/mol. The van der Waals surface area contributed by atoms with E-state index in [0.29, 0.717) is 6.67 Å². The maximum Gasteiger partial charge on any atom is 0.198 e. The van der Waals surface area contributed by atoms with Crippen molar-refractivity contribution in [2.75, 3.05) is 14.2 Å². The van der Waals surface area contributed by atoms with Crippen LogP contribution in [0.3, 0.4) is 0 Å². The molecule has 0 aliphatic heterocycles. The molecule has 3 aromatic rings. The molecule has 1 heterocycles. The average molecular weight is 385 g/mol. The highest BCUT2D eigenvalue weighted by Crippen LogP contribution is 2.22.